The van der Waals surface area contributed by atoms with Crippen LogP contribution in [0.3, 0.4) is 0 Å². The molecule has 3 aromatic heterocycles. The average molecular weight is 638 g/mol. The molecule has 0 spiro atoms. The van der Waals surface area contributed by atoms with Crippen molar-refractivity contribution in [1.82, 2.24) is 28.9 Å². The molecule has 0 atom stereocenters. The lowest BCUT2D eigenvalue weighted by Crippen LogP contribution is -2.41. The molecular formula is C30H33F2N9O5. The smallest absolute Gasteiger partial charge is 0.291 e. The molecule has 4 amide bonds. The molecule has 1 aliphatic rings. The van der Waals surface area contributed by atoms with E-state index in [9.17, 15) is 28.0 Å². The quantitative estimate of drug-likeness (QED) is 0.208. The highest BCUT2D eigenvalue weighted by atomic mass is 19.1. The van der Waals surface area contributed by atoms with Crippen LogP contribution in [0.1, 0.15) is 42.0 Å². The first-order valence-electron chi connectivity index (χ1n) is 14.3. The molecule has 14 nitrogen and oxygen atoms in total. The number of amides is 4. The van der Waals surface area contributed by atoms with E-state index >= 15 is 0 Å². The molecule has 0 radical (unpaired) electrons. The van der Waals surface area contributed by atoms with Crippen LogP contribution in [0.4, 0.5) is 26.0 Å². The van der Waals surface area contributed by atoms with Crippen LogP contribution in [-0.2, 0) is 25.9 Å². The van der Waals surface area contributed by atoms with E-state index in [1.54, 1.807) is 30.9 Å². The van der Waals surface area contributed by atoms with Crippen molar-refractivity contribution >= 4 is 40.8 Å². The minimum atomic E-state index is -1.04. The summed E-state index contributed by atoms with van der Waals surface area (Å²) in [5, 5.41) is 10.7. The van der Waals surface area contributed by atoms with Crippen LogP contribution < -0.4 is 21.3 Å². The fraction of sp³-hybridized carbons (Fsp3) is 0.300. The third-order valence-corrected chi connectivity index (χ3v) is 7.31. The summed E-state index contributed by atoms with van der Waals surface area (Å²) in [6.07, 6.45) is 4.52. The third-order valence-electron chi connectivity index (χ3n) is 7.31. The van der Waals surface area contributed by atoms with E-state index in [-0.39, 0.29) is 28.8 Å². The molecule has 4 heterocycles. The van der Waals surface area contributed by atoms with Gasteiger partial charge in [-0.25, -0.2) is 13.8 Å². The van der Waals surface area contributed by atoms with Gasteiger partial charge in [0.2, 0.25) is 5.82 Å². The Bertz CT molecular complexity index is 1790. The van der Waals surface area contributed by atoms with Gasteiger partial charge < -0.3 is 39.7 Å². The van der Waals surface area contributed by atoms with Crippen LogP contribution in [0, 0.1) is 11.6 Å². The number of nitrogens with one attached hydrogen (secondary N) is 4. The normalized spacial score (nSPS) is 13.3. The molecule has 0 aliphatic carbocycles. The monoisotopic (exact) mass is 637 g/mol. The first-order chi connectivity index (χ1) is 22.0. The fourth-order valence-electron chi connectivity index (χ4n) is 4.94. The molecule has 4 aromatic rings. The second-order valence-electron chi connectivity index (χ2n) is 10.7. The van der Waals surface area contributed by atoms with Gasteiger partial charge in [-0.2, -0.15) is 0 Å². The number of anilines is 3. The number of hydrogen-bond acceptors (Lipinski definition) is 7. The molecule has 16 heteroatoms. The molecule has 0 unspecified atom stereocenters. The van der Waals surface area contributed by atoms with E-state index in [0.29, 0.717) is 49.4 Å². The van der Waals surface area contributed by atoms with Crippen LogP contribution in [0.2, 0.25) is 0 Å². The predicted octanol–water partition coefficient (Wildman–Crippen LogP) is 2.19. The predicted molar refractivity (Wildman–Crippen MR) is 164 cm³/mol. The summed E-state index contributed by atoms with van der Waals surface area (Å²) in [4.78, 5) is 57.5. The van der Waals surface area contributed by atoms with E-state index < -0.39 is 29.4 Å². The van der Waals surface area contributed by atoms with Crippen molar-refractivity contribution in [2.45, 2.75) is 0 Å². The maximum absolute atomic E-state index is 14.0. The zero-order valence-corrected chi connectivity index (χ0v) is 25.4. The number of rotatable bonds is 10. The highest BCUT2D eigenvalue weighted by molar-refractivity contribution is 6.07. The number of halogens is 2. The number of hydrogen-bond donors (Lipinski definition) is 4. The summed E-state index contributed by atoms with van der Waals surface area (Å²) in [5.74, 6) is -4.20. The maximum atomic E-state index is 14.0. The zero-order chi connectivity index (χ0) is 33.0. The Morgan fingerprint density at radius 1 is 0.783 bits per heavy atom. The molecule has 0 bridgehead atoms. The number of aromatic nitrogens is 4. The van der Waals surface area contributed by atoms with E-state index in [1.807, 2.05) is 0 Å². The minimum absolute atomic E-state index is 0.0254. The van der Waals surface area contributed by atoms with Crippen molar-refractivity contribution in [2.24, 2.45) is 21.1 Å². The van der Waals surface area contributed by atoms with Crippen LogP contribution in [0.5, 0.6) is 0 Å². The van der Waals surface area contributed by atoms with Gasteiger partial charge in [0.1, 0.15) is 23.0 Å². The summed E-state index contributed by atoms with van der Waals surface area (Å²) in [7, 11) is 4.86. The van der Waals surface area contributed by atoms with Crippen molar-refractivity contribution in [3.8, 4) is 0 Å². The number of carbonyl (C=O) groups excluding carboxylic acids is 4. The summed E-state index contributed by atoms with van der Waals surface area (Å²) in [6, 6.07) is 5.59. The van der Waals surface area contributed by atoms with Gasteiger partial charge in [-0.3, -0.25) is 24.1 Å². The first-order valence-corrected chi connectivity index (χ1v) is 14.3. The molecule has 5 rings (SSSR count). The van der Waals surface area contributed by atoms with Crippen molar-refractivity contribution < 1.29 is 32.7 Å². The fourth-order valence-corrected chi connectivity index (χ4v) is 4.94. The maximum Gasteiger partial charge on any atom is 0.291 e. The lowest BCUT2D eigenvalue weighted by Gasteiger charge is -2.26. The summed E-state index contributed by atoms with van der Waals surface area (Å²) in [6.45, 7) is 4.21. The number of aryl methyl sites for hydroxylation is 3. The molecule has 46 heavy (non-hydrogen) atoms. The highest BCUT2D eigenvalue weighted by Gasteiger charge is 2.21. The number of carbonyl (C=O) groups is 4. The number of benzene rings is 1. The number of morpholine rings is 1. The van der Waals surface area contributed by atoms with Gasteiger partial charge in [0.05, 0.1) is 30.2 Å². The van der Waals surface area contributed by atoms with Gasteiger partial charge in [-0.05, 0) is 24.3 Å². The van der Waals surface area contributed by atoms with Gasteiger partial charge in [-0.1, -0.05) is 0 Å². The molecule has 1 aliphatic heterocycles. The number of imidazole rings is 1. The zero-order valence-electron chi connectivity index (χ0n) is 25.4. The second kappa shape index (κ2) is 13.7. The summed E-state index contributed by atoms with van der Waals surface area (Å²) >= 11 is 0. The number of ether oxygens (including phenoxy) is 1. The van der Waals surface area contributed by atoms with Crippen LogP contribution in [0.25, 0.3) is 0 Å². The molecule has 242 valence electrons. The Kier molecular flexibility index (Phi) is 9.58. The van der Waals surface area contributed by atoms with Gasteiger partial charge in [0, 0.05) is 72.0 Å². The molecule has 1 saturated heterocycles. The van der Waals surface area contributed by atoms with Crippen LogP contribution in [-0.4, -0.2) is 86.6 Å². The second-order valence-corrected chi connectivity index (χ2v) is 10.7. The van der Waals surface area contributed by atoms with E-state index in [1.165, 1.54) is 34.6 Å². The Morgan fingerprint density at radius 2 is 1.41 bits per heavy atom. The van der Waals surface area contributed by atoms with E-state index in [2.05, 4.69) is 31.2 Å². The Balaban J connectivity index is 1.17. The first kappa shape index (κ1) is 32.1. The van der Waals surface area contributed by atoms with Crippen LogP contribution >= 0.6 is 0 Å². The number of nitrogens with zero attached hydrogens (tertiary/aromatic N) is 5. The van der Waals surface area contributed by atoms with Crippen molar-refractivity contribution in [3.63, 3.8) is 0 Å². The summed E-state index contributed by atoms with van der Waals surface area (Å²) in [5.41, 5.74) is 0.937. The molecule has 1 aromatic carbocycles. The summed E-state index contributed by atoms with van der Waals surface area (Å²) < 4.78 is 37.0. The molecule has 4 N–H and O–H groups in total. The van der Waals surface area contributed by atoms with Gasteiger partial charge in [-0.15, -0.1) is 0 Å². The minimum Gasteiger partial charge on any atom is -0.379 e. The van der Waals surface area contributed by atoms with Crippen molar-refractivity contribution in [1.29, 1.82) is 0 Å². The average Bonchev–Trinajstić information content (AvgIpc) is 3.68. The SMILES string of the molecule is Cn1cc(NC(=O)c2cc(NC(=O)c3nc(NC(=O)c4ccc(F)cc4F)cn3C)cn2C)cc1C(=O)NCCN1CCOCC1. The standard InChI is InChI=1S/C30H33F2N9O5/c1-38-15-19(13-23(38)28(43)33-6-7-41-8-10-46-11-9-41)34-29(44)24-14-20(16-39(24)2)35-30(45)26-36-25(17-40(26)3)37-27(42)21-5-4-18(31)12-22(21)32/h4-5,12-17H,6-11H2,1-3H3,(H,33,43)(H,34,44)(H,35,45)(H,37,42). The molecule has 0 saturated carbocycles. The topological polar surface area (TPSA) is 157 Å². The van der Waals surface area contributed by atoms with Crippen molar-refractivity contribution in [3.05, 3.63) is 83.3 Å². The highest BCUT2D eigenvalue weighted by Crippen LogP contribution is 2.19. The van der Waals surface area contributed by atoms with Gasteiger partial charge in [0.25, 0.3) is 23.6 Å². The molecular weight excluding hydrogens is 604 g/mol. The Morgan fingerprint density at radius 3 is 2.07 bits per heavy atom. The molecule has 1 fully saturated rings. The van der Waals surface area contributed by atoms with Crippen molar-refractivity contribution in [2.75, 3.05) is 55.3 Å². The van der Waals surface area contributed by atoms with Crippen LogP contribution in [0.15, 0.2) is 48.9 Å². The van der Waals surface area contributed by atoms with E-state index in [0.717, 1.165) is 25.2 Å². The largest absolute Gasteiger partial charge is 0.379 e. The Labute approximate surface area is 262 Å². The third kappa shape index (κ3) is 7.47. The van der Waals surface area contributed by atoms with E-state index in [4.69, 9.17) is 4.74 Å². The lowest BCUT2D eigenvalue weighted by molar-refractivity contribution is 0.0383. The lowest BCUT2D eigenvalue weighted by atomic mass is 10.2. The Hall–Kier alpha value is -5.35. The van der Waals surface area contributed by atoms with Gasteiger partial charge in [0.15, 0.2) is 5.82 Å². The van der Waals surface area contributed by atoms with Gasteiger partial charge >= 0.3 is 0 Å².